The highest BCUT2D eigenvalue weighted by atomic mass is 16.6. The fourth-order valence-electron chi connectivity index (χ4n) is 1.75. The topological polar surface area (TPSA) is 89.7 Å². The summed E-state index contributed by atoms with van der Waals surface area (Å²) in [7, 11) is 0. The van der Waals surface area contributed by atoms with Crippen molar-refractivity contribution in [3.8, 4) is 5.75 Å². The quantitative estimate of drug-likeness (QED) is 0.301. The maximum atomic E-state index is 11.9. The largest absolute Gasteiger partial charge is 0.423 e. The van der Waals surface area contributed by atoms with Gasteiger partial charge in [-0.1, -0.05) is 24.8 Å². The fraction of sp³-hybridized carbons (Fsp3) is 0.0625. The summed E-state index contributed by atoms with van der Waals surface area (Å²) in [4.78, 5) is 21.9. The second-order valence-corrected chi connectivity index (χ2v) is 4.48. The Labute approximate surface area is 126 Å². The smallest absolute Gasteiger partial charge is 0.341 e. The van der Waals surface area contributed by atoms with Gasteiger partial charge in [-0.2, -0.15) is 0 Å². The number of hydrogen-bond acceptors (Lipinski definition) is 5. The van der Waals surface area contributed by atoms with Crippen molar-refractivity contribution in [1.29, 1.82) is 0 Å². The van der Waals surface area contributed by atoms with E-state index >= 15 is 0 Å². The van der Waals surface area contributed by atoms with Gasteiger partial charge >= 0.3 is 5.97 Å². The molecule has 0 aliphatic rings. The van der Waals surface area contributed by atoms with E-state index in [-0.39, 0.29) is 11.3 Å². The van der Waals surface area contributed by atoms with Crippen molar-refractivity contribution in [2.24, 2.45) is 0 Å². The molecule has 0 unspecified atom stereocenters. The summed E-state index contributed by atoms with van der Waals surface area (Å²) >= 11 is 0. The number of carbonyl (C=O) groups is 1. The van der Waals surface area contributed by atoms with Crippen molar-refractivity contribution < 1.29 is 19.6 Å². The van der Waals surface area contributed by atoms with Crippen LogP contribution in [0.2, 0.25) is 0 Å². The van der Waals surface area contributed by atoms with Gasteiger partial charge in [-0.15, -0.1) is 0 Å². The number of non-ortho nitro benzene ring substituents is 1. The SMILES string of the molecule is C=C(C(=O)Oc1ccccc1)[C@@H](O)c1ccc([N+](=O)[O-])cc1. The summed E-state index contributed by atoms with van der Waals surface area (Å²) in [6.45, 7) is 3.53. The number of para-hydroxylation sites is 1. The molecule has 0 spiro atoms. The Balaban J connectivity index is 2.08. The first kappa shape index (κ1) is 15.4. The molecule has 2 rings (SSSR count). The van der Waals surface area contributed by atoms with E-state index in [4.69, 9.17) is 4.74 Å². The highest BCUT2D eigenvalue weighted by Crippen LogP contribution is 2.24. The number of aliphatic hydroxyl groups is 1. The van der Waals surface area contributed by atoms with E-state index < -0.39 is 17.0 Å². The van der Waals surface area contributed by atoms with Crippen LogP contribution in [0.3, 0.4) is 0 Å². The Morgan fingerprint density at radius 3 is 2.27 bits per heavy atom. The lowest BCUT2D eigenvalue weighted by Gasteiger charge is -2.13. The van der Waals surface area contributed by atoms with Crippen LogP contribution in [0.25, 0.3) is 0 Å². The molecular formula is C16H13NO5. The van der Waals surface area contributed by atoms with Crippen molar-refractivity contribution in [3.63, 3.8) is 0 Å². The van der Waals surface area contributed by atoms with Crippen molar-refractivity contribution in [3.05, 3.63) is 82.4 Å². The number of ether oxygens (including phenoxy) is 1. The number of benzene rings is 2. The maximum Gasteiger partial charge on any atom is 0.341 e. The summed E-state index contributed by atoms with van der Waals surface area (Å²) in [5, 5.41) is 20.7. The number of aliphatic hydroxyl groups excluding tert-OH is 1. The number of nitro benzene ring substituents is 1. The molecule has 6 nitrogen and oxygen atoms in total. The lowest BCUT2D eigenvalue weighted by Crippen LogP contribution is -2.16. The minimum atomic E-state index is -1.29. The van der Waals surface area contributed by atoms with Gasteiger partial charge in [0.05, 0.1) is 10.5 Å². The van der Waals surface area contributed by atoms with Gasteiger partial charge in [0.2, 0.25) is 0 Å². The molecule has 0 heterocycles. The number of nitrogens with zero attached hydrogens (tertiary/aromatic N) is 1. The first-order valence-corrected chi connectivity index (χ1v) is 6.37. The van der Waals surface area contributed by atoms with E-state index in [2.05, 4.69) is 6.58 Å². The Kier molecular flexibility index (Phi) is 4.65. The fourth-order valence-corrected chi connectivity index (χ4v) is 1.75. The van der Waals surface area contributed by atoms with Gasteiger partial charge in [0.1, 0.15) is 11.9 Å². The molecule has 0 aliphatic heterocycles. The van der Waals surface area contributed by atoms with Crippen LogP contribution in [-0.2, 0) is 4.79 Å². The van der Waals surface area contributed by atoms with Crippen LogP contribution in [0.15, 0.2) is 66.7 Å². The Bertz CT molecular complexity index is 694. The number of carbonyl (C=O) groups excluding carboxylic acids is 1. The molecule has 0 saturated heterocycles. The summed E-state index contributed by atoms with van der Waals surface area (Å²) in [6.07, 6.45) is -1.29. The average Bonchev–Trinajstić information content (AvgIpc) is 2.54. The molecule has 2 aromatic carbocycles. The number of rotatable bonds is 5. The number of hydrogen-bond donors (Lipinski definition) is 1. The number of esters is 1. The van der Waals surface area contributed by atoms with Crippen LogP contribution < -0.4 is 4.74 Å². The third-order valence-electron chi connectivity index (χ3n) is 2.97. The van der Waals surface area contributed by atoms with Crippen molar-refractivity contribution in [2.75, 3.05) is 0 Å². The van der Waals surface area contributed by atoms with Gasteiger partial charge in [0.15, 0.2) is 0 Å². The van der Waals surface area contributed by atoms with E-state index in [0.717, 1.165) is 0 Å². The molecule has 0 aliphatic carbocycles. The first-order chi connectivity index (χ1) is 10.5. The van der Waals surface area contributed by atoms with Gasteiger partial charge in [-0.05, 0) is 29.8 Å². The van der Waals surface area contributed by atoms with Gasteiger partial charge in [0.25, 0.3) is 5.69 Å². The normalized spacial score (nSPS) is 11.5. The standard InChI is InChI=1S/C16H13NO5/c1-11(16(19)22-14-5-3-2-4-6-14)15(18)12-7-9-13(10-8-12)17(20)21/h2-10,15,18H,1H2/t15-/m1/s1. The molecule has 0 saturated carbocycles. The van der Waals surface area contributed by atoms with Crippen LogP contribution >= 0.6 is 0 Å². The predicted molar refractivity (Wildman–Crippen MR) is 79.3 cm³/mol. The molecule has 0 fully saturated rings. The molecule has 0 bridgehead atoms. The summed E-state index contributed by atoms with van der Waals surface area (Å²) < 4.78 is 5.07. The molecule has 22 heavy (non-hydrogen) atoms. The van der Waals surface area contributed by atoms with Crippen molar-refractivity contribution >= 4 is 11.7 Å². The van der Waals surface area contributed by atoms with E-state index in [1.165, 1.54) is 24.3 Å². The zero-order valence-electron chi connectivity index (χ0n) is 11.5. The molecular weight excluding hydrogens is 286 g/mol. The molecule has 112 valence electrons. The van der Waals surface area contributed by atoms with Crippen molar-refractivity contribution in [2.45, 2.75) is 6.10 Å². The summed E-state index contributed by atoms with van der Waals surface area (Å²) in [5.74, 6) is -0.429. The van der Waals surface area contributed by atoms with E-state index in [1.807, 2.05) is 0 Å². The Hall–Kier alpha value is -2.99. The third kappa shape index (κ3) is 3.56. The van der Waals surface area contributed by atoms with Crippen LogP contribution in [0.4, 0.5) is 5.69 Å². The molecule has 2 aromatic rings. The lowest BCUT2D eigenvalue weighted by atomic mass is 10.0. The van der Waals surface area contributed by atoms with Crippen molar-refractivity contribution in [1.82, 2.24) is 0 Å². The molecule has 1 N–H and O–H groups in total. The average molecular weight is 299 g/mol. The molecule has 1 atom stereocenters. The third-order valence-corrected chi connectivity index (χ3v) is 2.97. The minimum Gasteiger partial charge on any atom is -0.423 e. The van der Waals surface area contributed by atoms with Gasteiger partial charge in [0, 0.05) is 12.1 Å². The highest BCUT2D eigenvalue weighted by molar-refractivity contribution is 5.90. The lowest BCUT2D eigenvalue weighted by molar-refractivity contribution is -0.384. The van der Waals surface area contributed by atoms with Crippen LogP contribution in [-0.4, -0.2) is 16.0 Å². The van der Waals surface area contributed by atoms with Crippen LogP contribution in [0, 0.1) is 10.1 Å². The maximum absolute atomic E-state index is 11.9. The molecule has 6 heteroatoms. The van der Waals surface area contributed by atoms with E-state index in [1.54, 1.807) is 30.3 Å². The zero-order valence-corrected chi connectivity index (χ0v) is 11.5. The second kappa shape index (κ2) is 6.64. The van der Waals surface area contributed by atoms with Gasteiger partial charge in [-0.3, -0.25) is 10.1 Å². The van der Waals surface area contributed by atoms with Gasteiger partial charge in [-0.25, -0.2) is 4.79 Å². The summed E-state index contributed by atoms with van der Waals surface area (Å²) in [6, 6.07) is 13.6. The second-order valence-electron chi connectivity index (χ2n) is 4.48. The van der Waals surface area contributed by atoms with Crippen LogP contribution in [0.1, 0.15) is 11.7 Å². The Morgan fingerprint density at radius 2 is 1.73 bits per heavy atom. The van der Waals surface area contributed by atoms with Gasteiger partial charge < -0.3 is 9.84 Å². The van der Waals surface area contributed by atoms with E-state index in [9.17, 15) is 20.0 Å². The first-order valence-electron chi connectivity index (χ1n) is 6.37. The molecule has 0 aromatic heterocycles. The monoisotopic (exact) mass is 299 g/mol. The van der Waals surface area contributed by atoms with E-state index in [0.29, 0.717) is 11.3 Å². The summed E-state index contributed by atoms with van der Waals surface area (Å²) in [5.41, 5.74) is 0.0618. The Morgan fingerprint density at radius 1 is 1.14 bits per heavy atom. The molecule has 0 radical (unpaired) electrons. The highest BCUT2D eigenvalue weighted by Gasteiger charge is 2.21. The predicted octanol–water partition coefficient (Wildman–Crippen LogP) is 2.79. The van der Waals surface area contributed by atoms with Crippen LogP contribution in [0.5, 0.6) is 5.75 Å². The number of nitro groups is 1. The minimum absolute atomic E-state index is 0.103. The molecule has 0 amide bonds. The zero-order chi connectivity index (χ0) is 16.1.